The maximum absolute atomic E-state index is 13.9. The van der Waals surface area contributed by atoms with E-state index in [0.29, 0.717) is 27.8 Å². The minimum absolute atomic E-state index is 0.000589. The summed E-state index contributed by atoms with van der Waals surface area (Å²) < 4.78 is 44.9. The molecule has 2 atom stereocenters. The molecule has 2 N–H and O–H groups in total. The van der Waals surface area contributed by atoms with Gasteiger partial charge in [0.15, 0.2) is 8.32 Å². The van der Waals surface area contributed by atoms with Gasteiger partial charge in [0, 0.05) is 25.6 Å². The molecule has 1 fully saturated rings. The van der Waals surface area contributed by atoms with Gasteiger partial charge in [-0.1, -0.05) is 65.8 Å². The maximum Gasteiger partial charge on any atom is 0.407 e. The van der Waals surface area contributed by atoms with Crippen LogP contribution in [0.2, 0.25) is 16.6 Å². The van der Waals surface area contributed by atoms with E-state index >= 15 is 0 Å². The molecule has 1 aliphatic rings. The summed E-state index contributed by atoms with van der Waals surface area (Å²) in [6.07, 6.45) is -1.05. The Hall–Kier alpha value is -1.59. The molecule has 224 valence electrons. The van der Waals surface area contributed by atoms with Gasteiger partial charge in [0.05, 0.1) is 18.3 Å². The van der Waals surface area contributed by atoms with E-state index in [2.05, 4.69) is 41.5 Å². The first-order valence-corrected chi connectivity index (χ1v) is 16.2. The van der Waals surface area contributed by atoms with Crippen molar-refractivity contribution in [3.05, 3.63) is 35.4 Å². The molecular weight excluding hydrogens is 524 g/mol. The predicted molar refractivity (Wildman–Crippen MR) is 151 cm³/mol. The fraction of sp³-hybridized carbons (Fsp3) is 0.759. The molecule has 0 aromatic heterocycles. The average Bonchev–Trinajstić information content (AvgIpc) is 2.83. The van der Waals surface area contributed by atoms with Crippen LogP contribution >= 0.6 is 0 Å². The van der Waals surface area contributed by atoms with Gasteiger partial charge < -0.3 is 29.0 Å². The largest absolute Gasteiger partial charge is 0.465 e. The zero-order chi connectivity index (χ0) is 29.6. The fourth-order valence-electron chi connectivity index (χ4n) is 6.05. The van der Waals surface area contributed by atoms with Crippen molar-refractivity contribution in [2.75, 3.05) is 32.9 Å². The van der Waals surface area contributed by atoms with Crippen LogP contribution < -0.4 is 0 Å². The molecule has 0 aliphatic carbocycles. The molecule has 1 saturated heterocycles. The number of amides is 1. The molecule has 0 bridgehead atoms. The Morgan fingerprint density at radius 1 is 1.05 bits per heavy atom. The number of rotatable bonds is 14. The number of nitrogens with zero attached hydrogens (tertiary/aromatic N) is 1. The van der Waals surface area contributed by atoms with Crippen LogP contribution in [0.4, 0.5) is 13.6 Å². The minimum atomic E-state index is -3.08. The van der Waals surface area contributed by atoms with Crippen LogP contribution in [0.5, 0.6) is 0 Å². The lowest BCUT2D eigenvalue weighted by Crippen LogP contribution is -2.55. The molecule has 0 radical (unpaired) electrons. The van der Waals surface area contributed by atoms with E-state index in [1.54, 1.807) is 38.1 Å². The Morgan fingerprint density at radius 3 is 2.10 bits per heavy atom. The van der Waals surface area contributed by atoms with Crippen molar-refractivity contribution in [2.24, 2.45) is 5.92 Å². The number of piperidine rings is 1. The molecule has 1 aliphatic heterocycles. The lowest BCUT2D eigenvalue weighted by molar-refractivity contribution is -0.135. The number of aliphatic hydroxyl groups is 1. The SMILES string of the molecule is CC(C)OCC(F)(F)COCc1ccc(C2(O)CCN(C(=O)O)CC2CO[Si](C(C)C)(C(C)C)C(C)C)cc1. The van der Waals surface area contributed by atoms with Gasteiger partial charge in [-0.15, -0.1) is 0 Å². The van der Waals surface area contributed by atoms with Crippen LogP contribution in [0.3, 0.4) is 0 Å². The normalized spacial score (nSPS) is 21.0. The van der Waals surface area contributed by atoms with E-state index in [9.17, 15) is 23.8 Å². The molecule has 39 heavy (non-hydrogen) atoms. The fourth-order valence-corrected chi connectivity index (χ4v) is 11.5. The molecule has 0 spiro atoms. The Labute approximate surface area is 234 Å². The number of hydrogen-bond acceptors (Lipinski definition) is 5. The summed E-state index contributed by atoms with van der Waals surface area (Å²) >= 11 is 0. The lowest BCUT2D eigenvalue weighted by atomic mass is 9.76. The van der Waals surface area contributed by atoms with E-state index in [1.165, 1.54) is 4.90 Å². The lowest BCUT2D eigenvalue weighted by Gasteiger charge is -2.48. The van der Waals surface area contributed by atoms with Gasteiger partial charge in [0.1, 0.15) is 13.2 Å². The van der Waals surface area contributed by atoms with Gasteiger partial charge in [-0.3, -0.25) is 0 Å². The minimum Gasteiger partial charge on any atom is -0.465 e. The second kappa shape index (κ2) is 13.8. The van der Waals surface area contributed by atoms with E-state index in [0.717, 1.165) is 0 Å². The molecule has 2 unspecified atom stereocenters. The highest BCUT2D eigenvalue weighted by molar-refractivity contribution is 6.77. The number of likely N-dealkylation sites (tertiary alicyclic amines) is 1. The van der Waals surface area contributed by atoms with E-state index in [-0.39, 0.29) is 38.8 Å². The van der Waals surface area contributed by atoms with E-state index in [4.69, 9.17) is 13.9 Å². The quantitative estimate of drug-likeness (QED) is 0.243. The molecule has 1 heterocycles. The Bertz CT molecular complexity index is 890. The Balaban J connectivity index is 2.19. The number of hydrogen-bond donors (Lipinski definition) is 2. The van der Waals surface area contributed by atoms with Crippen LogP contribution in [0.1, 0.15) is 72.9 Å². The molecule has 1 aromatic rings. The number of halogens is 2. The maximum atomic E-state index is 13.9. The second-order valence-electron chi connectivity index (χ2n) is 12.1. The van der Waals surface area contributed by atoms with Gasteiger partial charge in [-0.2, -0.15) is 0 Å². The van der Waals surface area contributed by atoms with Gasteiger partial charge in [-0.25, -0.2) is 13.6 Å². The van der Waals surface area contributed by atoms with Crippen LogP contribution in [0, 0.1) is 5.92 Å². The summed E-state index contributed by atoms with van der Waals surface area (Å²) in [6.45, 7) is 15.8. The van der Waals surface area contributed by atoms with Crippen LogP contribution in [-0.4, -0.2) is 74.5 Å². The number of alkyl halides is 2. The van der Waals surface area contributed by atoms with E-state index < -0.39 is 45.1 Å². The highest BCUT2D eigenvalue weighted by Gasteiger charge is 2.49. The number of carbonyl (C=O) groups is 1. The first kappa shape index (κ1) is 33.6. The molecule has 1 amide bonds. The molecule has 7 nitrogen and oxygen atoms in total. The first-order valence-electron chi connectivity index (χ1n) is 14.1. The van der Waals surface area contributed by atoms with Crippen molar-refractivity contribution >= 4 is 14.4 Å². The molecule has 1 aromatic carbocycles. The highest BCUT2D eigenvalue weighted by Crippen LogP contribution is 2.44. The summed E-state index contributed by atoms with van der Waals surface area (Å²) in [7, 11) is -2.24. The van der Waals surface area contributed by atoms with Crippen LogP contribution in [-0.2, 0) is 26.1 Å². The smallest absolute Gasteiger partial charge is 0.407 e. The van der Waals surface area contributed by atoms with Crippen molar-refractivity contribution in [3.8, 4) is 0 Å². The third kappa shape index (κ3) is 8.45. The van der Waals surface area contributed by atoms with Crippen molar-refractivity contribution in [3.63, 3.8) is 0 Å². The summed E-state index contributed by atoms with van der Waals surface area (Å²) in [6, 6.07) is 7.07. The third-order valence-corrected chi connectivity index (χ3v) is 14.1. The summed E-state index contributed by atoms with van der Waals surface area (Å²) in [4.78, 5) is 13.1. The van der Waals surface area contributed by atoms with Crippen LogP contribution in [0.25, 0.3) is 0 Å². The average molecular weight is 574 g/mol. The summed E-state index contributed by atoms with van der Waals surface area (Å²) in [5.41, 5.74) is 1.14. The number of ether oxygens (including phenoxy) is 2. The summed E-state index contributed by atoms with van der Waals surface area (Å²) in [5.74, 6) is -3.53. The first-order chi connectivity index (χ1) is 18.0. The zero-order valence-corrected chi connectivity index (χ0v) is 25.9. The van der Waals surface area contributed by atoms with Crippen molar-refractivity contribution in [1.82, 2.24) is 4.90 Å². The standard InChI is InChI=1S/C29H49F2NO6Si/c1-20(2)37-19-28(30,31)18-36-16-24-9-11-25(12-10-24)29(35)13-14-32(27(33)34)15-26(29)17-38-39(21(3)4,22(5)6)23(7)8/h9-12,20-23,26,35H,13-19H2,1-8H3,(H,33,34). The monoisotopic (exact) mass is 573 g/mol. The molecule has 0 saturated carbocycles. The van der Waals surface area contributed by atoms with Crippen molar-refractivity contribution in [1.29, 1.82) is 0 Å². The van der Waals surface area contributed by atoms with Gasteiger partial charge >= 0.3 is 6.09 Å². The molecule has 2 rings (SSSR count). The molecule has 10 heteroatoms. The predicted octanol–water partition coefficient (Wildman–Crippen LogP) is 6.64. The summed E-state index contributed by atoms with van der Waals surface area (Å²) in [5, 5.41) is 21.6. The molecular formula is C29H49F2NO6Si. The number of benzene rings is 1. The zero-order valence-electron chi connectivity index (χ0n) is 24.9. The number of carboxylic acid groups (broad SMARTS) is 1. The Morgan fingerprint density at radius 2 is 1.62 bits per heavy atom. The van der Waals surface area contributed by atoms with Gasteiger partial charge in [-0.05, 0) is 48.0 Å². The third-order valence-electron chi connectivity index (χ3n) is 8.05. The van der Waals surface area contributed by atoms with Crippen molar-refractivity contribution < 1.29 is 37.7 Å². The highest BCUT2D eigenvalue weighted by atomic mass is 28.4. The Kier molecular flexibility index (Phi) is 11.9. The second-order valence-corrected chi connectivity index (χ2v) is 17.6. The van der Waals surface area contributed by atoms with Gasteiger partial charge in [0.25, 0.3) is 5.92 Å². The van der Waals surface area contributed by atoms with Gasteiger partial charge in [0.2, 0.25) is 0 Å². The van der Waals surface area contributed by atoms with E-state index in [1.807, 2.05) is 0 Å². The van der Waals surface area contributed by atoms with Crippen molar-refractivity contribution in [2.45, 2.75) is 103 Å². The topological polar surface area (TPSA) is 88.5 Å². The van der Waals surface area contributed by atoms with Crippen LogP contribution in [0.15, 0.2) is 24.3 Å².